The number of H-pyrrole nitrogens is 1. The van der Waals surface area contributed by atoms with E-state index in [4.69, 9.17) is 10.9 Å². The number of amides is 1. The number of oxime groups is 1. The fraction of sp³-hybridized carbons (Fsp3) is 0.615. The fourth-order valence-electron chi connectivity index (χ4n) is 2.27. The molecule has 7 nitrogen and oxygen atoms in total. The monoisotopic (exact) mass is 281 g/mol. The summed E-state index contributed by atoms with van der Waals surface area (Å²) in [6.45, 7) is 5.64. The minimum Gasteiger partial charge on any atom is -0.409 e. The number of aromatic amines is 1. The number of carbonyl (C=O) groups excluding carboxylic acids is 1. The molecule has 7 heteroatoms. The van der Waals surface area contributed by atoms with Crippen molar-refractivity contribution in [1.29, 1.82) is 0 Å². The van der Waals surface area contributed by atoms with Crippen LogP contribution in [0.25, 0.3) is 0 Å². The van der Waals surface area contributed by atoms with Gasteiger partial charge in [-0.2, -0.15) is 0 Å². The Kier molecular flexibility index (Phi) is 5.54. The summed E-state index contributed by atoms with van der Waals surface area (Å²) in [5, 5.41) is 14.9. The molecule has 0 aromatic carbocycles. The second-order valence-corrected chi connectivity index (χ2v) is 4.68. The van der Waals surface area contributed by atoms with Crippen LogP contribution in [-0.2, 0) is 4.79 Å². The van der Waals surface area contributed by atoms with E-state index >= 15 is 0 Å². The number of carbonyl (C=O) groups is 1. The molecule has 0 saturated carbocycles. The first-order chi connectivity index (χ1) is 9.55. The summed E-state index contributed by atoms with van der Waals surface area (Å²) < 4.78 is 0. The lowest BCUT2D eigenvalue weighted by Crippen LogP contribution is -2.50. The molecule has 1 aromatic rings. The van der Waals surface area contributed by atoms with Crippen molar-refractivity contribution in [2.75, 3.05) is 0 Å². The van der Waals surface area contributed by atoms with E-state index in [-0.39, 0.29) is 17.8 Å². The molecule has 1 heterocycles. The molecule has 0 fully saturated rings. The highest BCUT2D eigenvalue weighted by molar-refractivity contribution is 6.06. The summed E-state index contributed by atoms with van der Waals surface area (Å²) in [4.78, 5) is 19.7. The van der Waals surface area contributed by atoms with Gasteiger partial charge in [-0.3, -0.25) is 4.79 Å². The van der Waals surface area contributed by atoms with Crippen LogP contribution in [0.3, 0.4) is 0 Å². The smallest absolute Gasteiger partial charge is 0.234 e. The Morgan fingerprint density at radius 2 is 2.20 bits per heavy atom. The minimum atomic E-state index is -0.991. The van der Waals surface area contributed by atoms with Gasteiger partial charge in [-0.1, -0.05) is 25.9 Å². The third-order valence-electron chi connectivity index (χ3n) is 3.80. The Morgan fingerprint density at radius 3 is 2.60 bits per heavy atom. The number of amidine groups is 1. The van der Waals surface area contributed by atoms with Gasteiger partial charge in [0.25, 0.3) is 0 Å². The van der Waals surface area contributed by atoms with Crippen molar-refractivity contribution >= 4 is 11.7 Å². The van der Waals surface area contributed by atoms with Gasteiger partial charge in [0.15, 0.2) is 5.84 Å². The Bertz CT molecular complexity index is 451. The molecule has 0 bridgehead atoms. The van der Waals surface area contributed by atoms with Crippen molar-refractivity contribution < 1.29 is 10.0 Å². The molecule has 0 spiro atoms. The molecule has 0 aliphatic heterocycles. The number of nitrogens with two attached hydrogens (primary N) is 1. The van der Waals surface area contributed by atoms with Crippen molar-refractivity contribution in [2.24, 2.45) is 16.3 Å². The van der Waals surface area contributed by atoms with Crippen molar-refractivity contribution in [3.63, 3.8) is 0 Å². The molecular formula is C13H23N5O2. The van der Waals surface area contributed by atoms with Gasteiger partial charge >= 0.3 is 0 Å². The van der Waals surface area contributed by atoms with Crippen LogP contribution in [0.1, 0.15) is 51.9 Å². The van der Waals surface area contributed by atoms with Gasteiger partial charge in [0, 0.05) is 12.4 Å². The quantitative estimate of drug-likeness (QED) is 0.262. The van der Waals surface area contributed by atoms with Gasteiger partial charge in [-0.15, -0.1) is 0 Å². The molecular weight excluding hydrogens is 258 g/mol. The lowest BCUT2D eigenvalue weighted by atomic mass is 9.80. The average molecular weight is 281 g/mol. The van der Waals surface area contributed by atoms with Gasteiger partial charge in [-0.05, 0) is 19.3 Å². The highest BCUT2D eigenvalue weighted by Crippen LogP contribution is 2.28. The summed E-state index contributed by atoms with van der Waals surface area (Å²) in [7, 11) is 0. The zero-order chi connectivity index (χ0) is 15.2. The van der Waals surface area contributed by atoms with Crippen LogP contribution in [0.2, 0.25) is 0 Å². The maximum atomic E-state index is 12.6. The third-order valence-corrected chi connectivity index (χ3v) is 3.80. The molecule has 20 heavy (non-hydrogen) atoms. The number of aromatic nitrogens is 2. The molecule has 0 aliphatic carbocycles. The largest absolute Gasteiger partial charge is 0.409 e. The van der Waals surface area contributed by atoms with E-state index in [0.717, 1.165) is 0 Å². The molecule has 1 unspecified atom stereocenters. The summed E-state index contributed by atoms with van der Waals surface area (Å²) in [6, 6.07) is -0.221. The lowest BCUT2D eigenvalue weighted by Gasteiger charge is -2.30. The first-order valence-corrected chi connectivity index (χ1v) is 6.83. The van der Waals surface area contributed by atoms with Gasteiger partial charge in [0.2, 0.25) is 5.91 Å². The van der Waals surface area contributed by atoms with Gasteiger partial charge in [0.05, 0.1) is 6.04 Å². The first-order valence-electron chi connectivity index (χ1n) is 6.83. The zero-order valence-corrected chi connectivity index (χ0v) is 12.2. The maximum Gasteiger partial charge on any atom is 0.234 e. The van der Waals surface area contributed by atoms with Crippen molar-refractivity contribution in [1.82, 2.24) is 15.3 Å². The number of hydrogen-bond donors (Lipinski definition) is 4. The SMILES string of the molecule is CCC(NC(=O)C(CC)(CC)/C(N)=N/O)c1ncc[nH]1. The van der Waals surface area contributed by atoms with Crippen LogP contribution in [0.4, 0.5) is 0 Å². The van der Waals surface area contributed by atoms with E-state index in [2.05, 4.69) is 20.4 Å². The van der Waals surface area contributed by atoms with Crippen molar-refractivity contribution in [3.8, 4) is 0 Å². The maximum absolute atomic E-state index is 12.6. The number of imidazole rings is 1. The Hall–Kier alpha value is -2.05. The van der Waals surface area contributed by atoms with Crippen LogP contribution in [0, 0.1) is 5.41 Å². The Labute approximate surface area is 118 Å². The summed E-state index contributed by atoms with van der Waals surface area (Å²) in [6.07, 6.45) is 4.96. The van der Waals surface area contributed by atoms with E-state index < -0.39 is 5.41 Å². The van der Waals surface area contributed by atoms with E-state index in [1.54, 1.807) is 12.4 Å². The van der Waals surface area contributed by atoms with E-state index in [9.17, 15) is 4.79 Å². The molecule has 5 N–H and O–H groups in total. The number of nitrogens with one attached hydrogen (secondary N) is 2. The van der Waals surface area contributed by atoms with Crippen LogP contribution >= 0.6 is 0 Å². The van der Waals surface area contributed by atoms with E-state index in [1.807, 2.05) is 20.8 Å². The van der Waals surface area contributed by atoms with Gasteiger partial charge in [0.1, 0.15) is 11.2 Å². The van der Waals surface area contributed by atoms with E-state index in [0.29, 0.717) is 25.1 Å². The molecule has 1 atom stereocenters. The predicted molar refractivity (Wildman–Crippen MR) is 76.2 cm³/mol. The molecule has 1 amide bonds. The van der Waals surface area contributed by atoms with Crippen molar-refractivity contribution in [2.45, 2.75) is 46.1 Å². The molecule has 1 rings (SSSR count). The molecule has 0 saturated heterocycles. The first kappa shape index (κ1) is 16.0. The zero-order valence-electron chi connectivity index (χ0n) is 12.2. The highest BCUT2D eigenvalue weighted by atomic mass is 16.4. The topological polar surface area (TPSA) is 116 Å². The summed E-state index contributed by atoms with van der Waals surface area (Å²) >= 11 is 0. The van der Waals surface area contributed by atoms with Crippen LogP contribution in [-0.4, -0.2) is 26.9 Å². The highest BCUT2D eigenvalue weighted by Gasteiger charge is 2.40. The molecule has 112 valence electrons. The summed E-state index contributed by atoms with van der Waals surface area (Å²) in [5.41, 5.74) is 4.73. The predicted octanol–water partition coefficient (Wildman–Crippen LogP) is 1.53. The lowest BCUT2D eigenvalue weighted by molar-refractivity contribution is -0.128. The molecule has 0 radical (unpaired) electrons. The van der Waals surface area contributed by atoms with E-state index in [1.165, 1.54) is 0 Å². The number of nitrogens with zero attached hydrogens (tertiary/aromatic N) is 2. The fourth-order valence-corrected chi connectivity index (χ4v) is 2.27. The molecule has 0 aliphatic rings. The van der Waals surface area contributed by atoms with Gasteiger partial charge in [-0.25, -0.2) is 4.98 Å². The molecule has 1 aromatic heterocycles. The number of rotatable bonds is 7. The Morgan fingerprint density at radius 1 is 1.55 bits per heavy atom. The standard InChI is InChI=1S/C13H23N5O2/c1-4-9(10-15-7-8-16-10)17-12(19)13(5-2,6-3)11(14)18-20/h7-9,20H,4-6H2,1-3H3,(H2,14,18)(H,15,16)(H,17,19). The minimum absolute atomic E-state index is 0.0608. The van der Waals surface area contributed by atoms with Crippen LogP contribution < -0.4 is 11.1 Å². The second-order valence-electron chi connectivity index (χ2n) is 4.68. The van der Waals surface area contributed by atoms with Crippen molar-refractivity contribution in [3.05, 3.63) is 18.2 Å². The Balaban J connectivity index is 2.97. The summed E-state index contributed by atoms with van der Waals surface area (Å²) in [5.74, 6) is 0.386. The van der Waals surface area contributed by atoms with Crippen LogP contribution in [0.5, 0.6) is 0 Å². The van der Waals surface area contributed by atoms with Gasteiger partial charge < -0.3 is 21.2 Å². The number of hydrogen-bond acceptors (Lipinski definition) is 4. The van der Waals surface area contributed by atoms with Crippen LogP contribution in [0.15, 0.2) is 17.5 Å². The normalized spacial score (nSPS) is 14.1. The third kappa shape index (κ3) is 2.92. The average Bonchev–Trinajstić information content (AvgIpc) is 3.00. The second kappa shape index (κ2) is 6.93.